The van der Waals surface area contributed by atoms with Crippen LogP contribution in [0.3, 0.4) is 0 Å². The first-order valence-electron chi connectivity index (χ1n) is 6.53. The molecule has 0 saturated carbocycles. The molecule has 2 rings (SSSR count). The van der Waals surface area contributed by atoms with Gasteiger partial charge in [-0.3, -0.25) is 4.79 Å². The van der Waals surface area contributed by atoms with Crippen LogP contribution in [-0.4, -0.2) is 11.7 Å². The van der Waals surface area contributed by atoms with E-state index in [1.54, 1.807) is 30.0 Å². The number of amides is 1. The predicted molar refractivity (Wildman–Crippen MR) is 94.5 cm³/mol. The van der Waals surface area contributed by atoms with Crippen molar-refractivity contribution in [3.05, 3.63) is 58.1 Å². The van der Waals surface area contributed by atoms with Crippen molar-refractivity contribution in [3.63, 3.8) is 0 Å². The van der Waals surface area contributed by atoms with Crippen molar-refractivity contribution in [2.75, 3.05) is 16.8 Å². The number of rotatable bonds is 5. The lowest BCUT2D eigenvalue weighted by molar-refractivity contribution is -0.113. The van der Waals surface area contributed by atoms with Crippen molar-refractivity contribution in [3.8, 4) is 0 Å². The first-order chi connectivity index (χ1) is 10.1. The molecule has 21 heavy (non-hydrogen) atoms. The van der Waals surface area contributed by atoms with Gasteiger partial charge < -0.3 is 11.1 Å². The number of nitrogens with two attached hydrogens (primary N) is 1. The number of hydrogen-bond donors (Lipinski definition) is 2. The first-order valence-corrected chi connectivity index (χ1v) is 8.48. The molecule has 0 saturated heterocycles. The van der Waals surface area contributed by atoms with Crippen LogP contribution in [0.15, 0.2) is 46.9 Å². The Labute approximate surface area is 137 Å². The van der Waals surface area contributed by atoms with Gasteiger partial charge in [-0.1, -0.05) is 24.3 Å². The summed E-state index contributed by atoms with van der Waals surface area (Å²) in [4.78, 5) is 11.9. The maximum Gasteiger partial charge on any atom is 0.234 e. The maximum atomic E-state index is 11.9. The quantitative estimate of drug-likeness (QED) is 0.781. The van der Waals surface area contributed by atoms with Gasteiger partial charge in [0.1, 0.15) is 0 Å². The van der Waals surface area contributed by atoms with Gasteiger partial charge in [0.15, 0.2) is 0 Å². The third kappa shape index (κ3) is 4.79. The van der Waals surface area contributed by atoms with Crippen LogP contribution in [0.25, 0.3) is 0 Å². The Balaban J connectivity index is 1.84. The normalized spacial score (nSPS) is 10.4. The van der Waals surface area contributed by atoms with Crippen molar-refractivity contribution in [2.45, 2.75) is 12.7 Å². The van der Waals surface area contributed by atoms with E-state index in [0.717, 1.165) is 15.9 Å². The zero-order chi connectivity index (χ0) is 15.2. The van der Waals surface area contributed by atoms with Crippen molar-refractivity contribution < 1.29 is 4.79 Å². The highest BCUT2D eigenvalue weighted by Crippen LogP contribution is 2.25. The topological polar surface area (TPSA) is 55.1 Å². The molecule has 1 amide bonds. The van der Waals surface area contributed by atoms with Gasteiger partial charge >= 0.3 is 0 Å². The van der Waals surface area contributed by atoms with Gasteiger partial charge in [-0.2, -0.15) is 0 Å². The number of aryl methyl sites for hydroxylation is 1. The number of carbonyl (C=O) groups excluding carboxylic acids is 1. The van der Waals surface area contributed by atoms with Gasteiger partial charge in [0.25, 0.3) is 0 Å². The number of thioether (sulfide) groups is 1. The van der Waals surface area contributed by atoms with E-state index in [2.05, 4.69) is 40.3 Å². The van der Waals surface area contributed by atoms with E-state index in [-0.39, 0.29) is 5.91 Å². The van der Waals surface area contributed by atoms with E-state index in [1.165, 1.54) is 11.1 Å². The summed E-state index contributed by atoms with van der Waals surface area (Å²) in [6.07, 6.45) is 0. The molecule has 110 valence electrons. The number of benzene rings is 2. The van der Waals surface area contributed by atoms with E-state index in [4.69, 9.17) is 5.73 Å². The van der Waals surface area contributed by atoms with Crippen LogP contribution in [0.2, 0.25) is 0 Å². The third-order valence-corrected chi connectivity index (χ3v) is 4.66. The minimum absolute atomic E-state index is 0.0148. The number of anilines is 2. The fraction of sp³-hybridized carbons (Fsp3) is 0.188. The molecule has 0 aliphatic rings. The zero-order valence-electron chi connectivity index (χ0n) is 11.7. The molecule has 0 aliphatic carbocycles. The molecule has 0 spiro atoms. The van der Waals surface area contributed by atoms with Crippen LogP contribution in [0.5, 0.6) is 0 Å². The Bertz CT molecular complexity index is 646. The second-order valence-electron chi connectivity index (χ2n) is 4.71. The SMILES string of the molecule is Cc1ccccc1CSCC(=O)Nc1ccc(N)cc1Br. The van der Waals surface area contributed by atoms with E-state index in [9.17, 15) is 4.79 Å². The largest absolute Gasteiger partial charge is 0.399 e. The molecule has 0 unspecified atom stereocenters. The van der Waals surface area contributed by atoms with Crippen LogP contribution >= 0.6 is 27.7 Å². The van der Waals surface area contributed by atoms with E-state index >= 15 is 0 Å². The summed E-state index contributed by atoms with van der Waals surface area (Å²) < 4.78 is 0.791. The molecular formula is C16H17BrN2OS. The summed E-state index contributed by atoms with van der Waals surface area (Å²) in [6.45, 7) is 2.08. The molecule has 0 fully saturated rings. The molecule has 0 atom stereocenters. The highest BCUT2D eigenvalue weighted by Gasteiger charge is 2.06. The number of nitrogen functional groups attached to an aromatic ring is 1. The average Bonchev–Trinajstić information content (AvgIpc) is 2.44. The fourth-order valence-corrected chi connectivity index (χ4v) is 3.24. The molecule has 2 aromatic rings. The number of nitrogens with one attached hydrogen (secondary N) is 1. The van der Waals surface area contributed by atoms with Gasteiger partial charge in [0.2, 0.25) is 5.91 Å². The van der Waals surface area contributed by atoms with Crippen LogP contribution in [0.1, 0.15) is 11.1 Å². The van der Waals surface area contributed by atoms with Gasteiger partial charge in [0.05, 0.1) is 11.4 Å². The van der Waals surface area contributed by atoms with Gasteiger partial charge in [-0.25, -0.2) is 0 Å². The van der Waals surface area contributed by atoms with E-state index < -0.39 is 0 Å². The number of carbonyl (C=O) groups is 1. The summed E-state index contributed by atoms with van der Waals surface area (Å²) in [5, 5.41) is 2.88. The van der Waals surface area contributed by atoms with Crippen LogP contribution < -0.4 is 11.1 Å². The molecule has 0 heterocycles. The lowest BCUT2D eigenvalue weighted by Crippen LogP contribution is -2.14. The zero-order valence-corrected chi connectivity index (χ0v) is 14.1. The minimum atomic E-state index is -0.0148. The lowest BCUT2D eigenvalue weighted by Gasteiger charge is -2.08. The fourth-order valence-electron chi connectivity index (χ4n) is 1.84. The third-order valence-electron chi connectivity index (χ3n) is 3.02. The summed E-state index contributed by atoms with van der Waals surface area (Å²) in [5.74, 6) is 1.24. The van der Waals surface area contributed by atoms with Gasteiger partial charge in [-0.05, 0) is 52.2 Å². The van der Waals surface area contributed by atoms with Gasteiger partial charge in [0, 0.05) is 15.9 Å². The molecule has 0 radical (unpaired) electrons. The summed E-state index contributed by atoms with van der Waals surface area (Å²) in [6, 6.07) is 13.6. The molecule has 0 bridgehead atoms. The Morgan fingerprint density at radius 2 is 2.05 bits per heavy atom. The highest BCUT2D eigenvalue weighted by atomic mass is 79.9. The van der Waals surface area contributed by atoms with Gasteiger partial charge in [-0.15, -0.1) is 11.8 Å². The Morgan fingerprint density at radius 3 is 2.76 bits per heavy atom. The van der Waals surface area contributed by atoms with Crippen molar-refractivity contribution in [1.82, 2.24) is 0 Å². The minimum Gasteiger partial charge on any atom is -0.399 e. The molecule has 5 heteroatoms. The molecule has 0 aliphatic heterocycles. The lowest BCUT2D eigenvalue weighted by atomic mass is 10.1. The van der Waals surface area contributed by atoms with Crippen molar-refractivity contribution in [2.24, 2.45) is 0 Å². The summed E-state index contributed by atoms with van der Waals surface area (Å²) >= 11 is 4.99. The molecule has 0 aromatic heterocycles. The second kappa shape index (κ2) is 7.52. The van der Waals surface area contributed by atoms with Crippen LogP contribution in [-0.2, 0) is 10.5 Å². The predicted octanol–water partition coefficient (Wildman–Crippen LogP) is 4.21. The molecule has 2 aromatic carbocycles. The summed E-state index contributed by atoms with van der Waals surface area (Å²) in [7, 11) is 0. The van der Waals surface area contributed by atoms with Crippen LogP contribution in [0, 0.1) is 6.92 Å². The number of hydrogen-bond acceptors (Lipinski definition) is 3. The van der Waals surface area contributed by atoms with E-state index in [1.807, 2.05) is 12.1 Å². The van der Waals surface area contributed by atoms with Crippen LogP contribution in [0.4, 0.5) is 11.4 Å². The monoisotopic (exact) mass is 364 g/mol. The standard InChI is InChI=1S/C16H17BrN2OS/c1-11-4-2-3-5-12(11)9-21-10-16(20)19-15-7-6-13(18)8-14(15)17/h2-8H,9-10,18H2,1H3,(H,19,20). The Hall–Kier alpha value is -1.46. The smallest absolute Gasteiger partial charge is 0.234 e. The first kappa shape index (κ1) is 15.9. The molecule has 3 nitrogen and oxygen atoms in total. The summed E-state index contributed by atoms with van der Waals surface area (Å²) in [5.41, 5.74) is 9.60. The number of halogens is 1. The van der Waals surface area contributed by atoms with Crippen molar-refractivity contribution in [1.29, 1.82) is 0 Å². The molecule has 3 N–H and O–H groups in total. The maximum absolute atomic E-state index is 11.9. The Morgan fingerprint density at radius 1 is 1.29 bits per heavy atom. The second-order valence-corrected chi connectivity index (χ2v) is 6.55. The average molecular weight is 365 g/mol. The Kier molecular flexibility index (Phi) is 5.70. The van der Waals surface area contributed by atoms with Crippen molar-refractivity contribution >= 4 is 45.0 Å². The highest BCUT2D eigenvalue weighted by molar-refractivity contribution is 9.10. The molecular weight excluding hydrogens is 348 g/mol. The van der Waals surface area contributed by atoms with E-state index in [0.29, 0.717) is 11.4 Å².